The Bertz CT molecular complexity index is 233. The van der Waals surface area contributed by atoms with Gasteiger partial charge in [-0.3, -0.25) is 0 Å². The summed E-state index contributed by atoms with van der Waals surface area (Å²) in [6, 6.07) is 7.91. The maximum atomic E-state index is 4.07. The van der Waals surface area contributed by atoms with Crippen LogP contribution in [0, 0.1) is 0 Å². The van der Waals surface area contributed by atoms with Gasteiger partial charge >= 0.3 is 51.4 Å². The van der Waals surface area contributed by atoms with Gasteiger partial charge in [0.1, 0.15) is 0 Å². The van der Waals surface area contributed by atoms with Gasteiger partial charge in [-0.2, -0.15) is 0 Å². The second kappa shape index (κ2) is 5.97. The summed E-state index contributed by atoms with van der Waals surface area (Å²) in [6.07, 6.45) is 1.81. The summed E-state index contributed by atoms with van der Waals surface area (Å²) in [5, 5.41) is 4.07. The predicted molar refractivity (Wildman–Crippen MR) is 45.5 cm³/mol. The van der Waals surface area contributed by atoms with Crippen molar-refractivity contribution in [3.63, 3.8) is 0 Å². The molecule has 0 aromatic heterocycles. The molecule has 0 bridgehead atoms. The third-order valence-corrected chi connectivity index (χ3v) is 1.40. The van der Waals surface area contributed by atoms with Crippen LogP contribution in [0.5, 0.6) is 0 Å². The smallest absolute Gasteiger partial charge is 0.686 e. The molecular weight excluding hydrogens is 161 g/mol. The fraction of sp³-hybridized carbons (Fsp3) is 0.111. The van der Waals surface area contributed by atoms with Crippen LogP contribution in [0.25, 0.3) is 11.4 Å². The zero-order valence-corrected chi connectivity index (χ0v) is 10.2. The predicted octanol–water partition coefficient (Wildman–Crippen LogP) is -0.0314. The molecule has 0 saturated carbocycles. The number of hydrogen-bond acceptors (Lipinski definition) is 0. The molecule has 1 nitrogen and oxygen atoms in total. The first kappa shape index (κ1) is 11.4. The quantitative estimate of drug-likeness (QED) is 0.555. The summed E-state index contributed by atoms with van der Waals surface area (Å²) in [4.78, 5) is 0. The molecule has 0 radical (unpaired) electrons. The second-order valence-corrected chi connectivity index (χ2v) is 1.99. The fourth-order valence-electron chi connectivity index (χ4n) is 0.864. The molecule has 0 heterocycles. The minimum atomic E-state index is 0. The summed E-state index contributed by atoms with van der Waals surface area (Å²) < 4.78 is 0. The van der Waals surface area contributed by atoms with Crippen LogP contribution in [0.4, 0.5) is 5.69 Å². The van der Waals surface area contributed by atoms with Crippen molar-refractivity contribution in [2.75, 3.05) is 7.05 Å². The zero-order chi connectivity index (χ0) is 7.40. The first-order valence-corrected chi connectivity index (χ1v) is 3.20. The average Bonchev–Trinajstić information content (AvgIpc) is 2.04. The van der Waals surface area contributed by atoms with E-state index in [0.717, 1.165) is 11.3 Å². The molecule has 0 aliphatic rings. The van der Waals surface area contributed by atoms with E-state index in [-0.39, 0.29) is 51.4 Å². The molecule has 0 N–H and O–H groups in total. The Morgan fingerprint density at radius 2 is 2.00 bits per heavy atom. The van der Waals surface area contributed by atoms with Gasteiger partial charge in [-0.15, -0.1) is 12.7 Å². The Labute approximate surface area is 110 Å². The molecule has 0 spiro atoms. The van der Waals surface area contributed by atoms with E-state index < -0.39 is 0 Å². The molecule has 1 rings (SSSR count). The summed E-state index contributed by atoms with van der Waals surface area (Å²) in [7, 11) is 1.78. The summed E-state index contributed by atoms with van der Waals surface area (Å²) in [5.41, 5.74) is 2.09. The van der Waals surface area contributed by atoms with E-state index in [0.29, 0.717) is 0 Å². The van der Waals surface area contributed by atoms with Gasteiger partial charge in [0.25, 0.3) is 0 Å². The minimum absolute atomic E-state index is 0. The van der Waals surface area contributed by atoms with Gasteiger partial charge in [0, 0.05) is 0 Å². The largest absolute Gasteiger partial charge is 1.00 e. The first-order valence-electron chi connectivity index (χ1n) is 3.20. The SMILES string of the molecule is C=Cc1ccccc1[N-]C.[K+]. The monoisotopic (exact) mass is 171 g/mol. The van der Waals surface area contributed by atoms with Crippen molar-refractivity contribution >= 4 is 11.8 Å². The summed E-state index contributed by atoms with van der Waals surface area (Å²) >= 11 is 0. The Balaban J connectivity index is 0.000001000. The number of para-hydroxylation sites is 1. The van der Waals surface area contributed by atoms with Crippen LogP contribution in [-0.2, 0) is 0 Å². The van der Waals surface area contributed by atoms with Crippen LogP contribution in [0.15, 0.2) is 30.8 Å². The molecule has 52 valence electrons. The van der Waals surface area contributed by atoms with Gasteiger partial charge in [-0.05, 0) is 5.56 Å². The van der Waals surface area contributed by atoms with E-state index >= 15 is 0 Å². The van der Waals surface area contributed by atoms with Crippen LogP contribution in [0.3, 0.4) is 0 Å². The Morgan fingerprint density at radius 3 is 2.45 bits per heavy atom. The van der Waals surface area contributed by atoms with E-state index in [1.807, 2.05) is 30.3 Å². The molecule has 2 heteroatoms. The van der Waals surface area contributed by atoms with Gasteiger partial charge < -0.3 is 5.32 Å². The molecule has 0 aliphatic heterocycles. The number of rotatable bonds is 2. The number of benzene rings is 1. The molecule has 1 aromatic carbocycles. The van der Waals surface area contributed by atoms with Crippen molar-refractivity contribution < 1.29 is 51.4 Å². The maximum absolute atomic E-state index is 4.07. The molecule has 0 amide bonds. The van der Waals surface area contributed by atoms with Crippen LogP contribution < -0.4 is 51.4 Å². The maximum Gasteiger partial charge on any atom is 1.00 e. The van der Waals surface area contributed by atoms with Gasteiger partial charge in [-0.25, -0.2) is 0 Å². The Morgan fingerprint density at radius 1 is 1.36 bits per heavy atom. The van der Waals surface area contributed by atoms with Crippen molar-refractivity contribution in [1.82, 2.24) is 0 Å². The van der Waals surface area contributed by atoms with E-state index in [1.165, 1.54) is 0 Å². The van der Waals surface area contributed by atoms with Crippen molar-refractivity contribution in [3.8, 4) is 0 Å². The minimum Gasteiger partial charge on any atom is -0.686 e. The molecule has 0 saturated heterocycles. The van der Waals surface area contributed by atoms with Crippen molar-refractivity contribution in [2.45, 2.75) is 0 Å². The number of nitrogens with zero attached hydrogens (tertiary/aromatic N) is 1. The fourth-order valence-corrected chi connectivity index (χ4v) is 0.864. The van der Waals surface area contributed by atoms with Gasteiger partial charge in [0.05, 0.1) is 0 Å². The molecule has 11 heavy (non-hydrogen) atoms. The van der Waals surface area contributed by atoms with Gasteiger partial charge in [0.15, 0.2) is 0 Å². The van der Waals surface area contributed by atoms with Crippen LogP contribution in [0.2, 0.25) is 0 Å². The van der Waals surface area contributed by atoms with Crippen LogP contribution >= 0.6 is 0 Å². The molecule has 0 fully saturated rings. The topological polar surface area (TPSA) is 14.1 Å². The van der Waals surface area contributed by atoms with Crippen LogP contribution in [0.1, 0.15) is 5.56 Å². The standard InChI is InChI=1S/C9H10N.K/c1-3-8-6-4-5-7-9(8)10-2;/h3-7H,1H2,2H3;/q-1;+1. The molecule has 0 aliphatic carbocycles. The Hall–Kier alpha value is 0.396. The molecule has 1 aromatic rings. The Kier molecular flexibility index (Phi) is 6.19. The average molecular weight is 171 g/mol. The van der Waals surface area contributed by atoms with E-state index in [2.05, 4.69) is 11.9 Å². The van der Waals surface area contributed by atoms with Crippen LogP contribution in [-0.4, -0.2) is 7.05 Å². The molecular formula is C9H10KN. The molecule has 0 unspecified atom stereocenters. The third kappa shape index (κ3) is 3.09. The van der Waals surface area contributed by atoms with Crippen molar-refractivity contribution in [2.24, 2.45) is 0 Å². The van der Waals surface area contributed by atoms with Crippen molar-refractivity contribution in [3.05, 3.63) is 41.7 Å². The zero-order valence-electron chi connectivity index (χ0n) is 7.04. The van der Waals surface area contributed by atoms with Gasteiger partial charge in [0.2, 0.25) is 0 Å². The third-order valence-electron chi connectivity index (χ3n) is 1.40. The summed E-state index contributed by atoms with van der Waals surface area (Å²) in [5.74, 6) is 0. The molecule has 0 atom stereocenters. The van der Waals surface area contributed by atoms with E-state index in [4.69, 9.17) is 0 Å². The van der Waals surface area contributed by atoms with Crippen molar-refractivity contribution in [1.29, 1.82) is 0 Å². The van der Waals surface area contributed by atoms with Gasteiger partial charge in [-0.1, -0.05) is 36.9 Å². The first-order chi connectivity index (χ1) is 4.88. The van der Waals surface area contributed by atoms with E-state index in [1.54, 1.807) is 7.05 Å². The summed E-state index contributed by atoms with van der Waals surface area (Å²) in [6.45, 7) is 3.68. The second-order valence-electron chi connectivity index (χ2n) is 1.99. The van der Waals surface area contributed by atoms with E-state index in [9.17, 15) is 0 Å². The number of hydrogen-bond donors (Lipinski definition) is 0. The normalized spacial score (nSPS) is 8.09.